The van der Waals surface area contributed by atoms with Gasteiger partial charge in [-0.1, -0.05) is 36.4 Å². The maximum atomic E-state index is 12.7. The molecule has 5 nitrogen and oxygen atoms in total. The van der Waals surface area contributed by atoms with Crippen LogP contribution in [0, 0.1) is 0 Å². The first-order valence-electron chi connectivity index (χ1n) is 10.5. The summed E-state index contributed by atoms with van der Waals surface area (Å²) in [7, 11) is 0. The van der Waals surface area contributed by atoms with Crippen molar-refractivity contribution >= 4 is 17.2 Å². The van der Waals surface area contributed by atoms with Crippen molar-refractivity contribution < 1.29 is 4.79 Å². The molecule has 1 aliphatic heterocycles. The van der Waals surface area contributed by atoms with Gasteiger partial charge in [0.1, 0.15) is 0 Å². The van der Waals surface area contributed by atoms with E-state index in [9.17, 15) is 4.79 Å². The molecule has 1 fully saturated rings. The summed E-state index contributed by atoms with van der Waals surface area (Å²) < 4.78 is 0. The van der Waals surface area contributed by atoms with Crippen molar-refractivity contribution in [3.8, 4) is 0 Å². The number of hydrogen-bond acceptors (Lipinski definition) is 5. The molecule has 1 amide bonds. The molecule has 6 heteroatoms. The fourth-order valence-electron chi connectivity index (χ4n) is 4.11. The Kier molecular flexibility index (Phi) is 6.89. The first kappa shape index (κ1) is 20.7. The molecular weight excluding hydrogens is 392 g/mol. The monoisotopic (exact) mass is 420 g/mol. The molecule has 1 aliphatic rings. The SMILES string of the molecule is C[C@@H](NC(=O)c1cccnc1)[C@H](c1cccs1)N1CCN(Cc2ccccc2)CC1. The number of hydrogen-bond donors (Lipinski definition) is 1. The first-order chi connectivity index (χ1) is 14.7. The second-order valence-corrected chi connectivity index (χ2v) is 8.74. The highest BCUT2D eigenvalue weighted by Gasteiger charge is 2.31. The van der Waals surface area contributed by atoms with Gasteiger partial charge >= 0.3 is 0 Å². The second kappa shape index (κ2) is 9.98. The molecule has 3 heterocycles. The summed E-state index contributed by atoms with van der Waals surface area (Å²) in [4.78, 5) is 23.1. The third kappa shape index (κ3) is 5.14. The molecule has 0 unspecified atom stereocenters. The van der Waals surface area contributed by atoms with E-state index in [4.69, 9.17) is 0 Å². The summed E-state index contributed by atoms with van der Waals surface area (Å²) >= 11 is 1.76. The highest BCUT2D eigenvalue weighted by molar-refractivity contribution is 7.10. The van der Waals surface area contributed by atoms with Crippen LogP contribution in [0.25, 0.3) is 0 Å². The number of carbonyl (C=O) groups is 1. The Hall–Kier alpha value is -2.54. The Bertz CT molecular complexity index is 909. The molecule has 4 rings (SSSR count). The number of nitrogens with one attached hydrogen (secondary N) is 1. The van der Waals surface area contributed by atoms with Crippen LogP contribution in [0.1, 0.15) is 33.8 Å². The van der Waals surface area contributed by atoms with Gasteiger partial charge in [-0.2, -0.15) is 0 Å². The van der Waals surface area contributed by atoms with Crippen molar-refractivity contribution in [1.29, 1.82) is 0 Å². The van der Waals surface area contributed by atoms with Crippen molar-refractivity contribution in [3.63, 3.8) is 0 Å². The second-order valence-electron chi connectivity index (χ2n) is 7.76. The van der Waals surface area contributed by atoms with Crippen LogP contribution < -0.4 is 5.32 Å². The number of pyridine rings is 1. The summed E-state index contributed by atoms with van der Waals surface area (Å²) in [6, 6.07) is 18.7. The van der Waals surface area contributed by atoms with Crippen LogP contribution in [0.3, 0.4) is 0 Å². The van der Waals surface area contributed by atoms with E-state index >= 15 is 0 Å². The van der Waals surface area contributed by atoms with Crippen LogP contribution in [-0.4, -0.2) is 52.9 Å². The van der Waals surface area contributed by atoms with Gasteiger partial charge in [-0.25, -0.2) is 0 Å². The normalized spacial score (nSPS) is 17.4. The van der Waals surface area contributed by atoms with E-state index < -0.39 is 0 Å². The highest BCUT2D eigenvalue weighted by Crippen LogP contribution is 2.29. The Morgan fingerprint density at radius 1 is 1.07 bits per heavy atom. The summed E-state index contributed by atoms with van der Waals surface area (Å²) in [5.41, 5.74) is 1.96. The molecule has 1 saturated heterocycles. The van der Waals surface area contributed by atoms with Crippen molar-refractivity contribution in [3.05, 3.63) is 88.4 Å². The standard InChI is InChI=1S/C24H28N4OS/c1-19(26-24(29)21-9-5-11-25-17-21)23(22-10-6-16-30-22)28-14-12-27(13-15-28)18-20-7-3-2-4-8-20/h2-11,16-17,19,23H,12-15,18H2,1H3,(H,26,29)/t19-,23-/m1/s1. The van der Waals surface area contributed by atoms with Crippen molar-refractivity contribution in [2.45, 2.75) is 25.6 Å². The van der Waals surface area contributed by atoms with E-state index in [0.717, 1.165) is 32.7 Å². The molecule has 2 aromatic heterocycles. The minimum absolute atomic E-state index is 0.00275. The number of benzene rings is 1. The number of nitrogens with zero attached hydrogens (tertiary/aromatic N) is 3. The number of piperazine rings is 1. The van der Waals surface area contributed by atoms with Crippen LogP contribution in [0.2, 0.25) is 0 Å². The summed E-state index contributed by atoms with van der Waals surface area (Å²) in [5, 5.41) is 5.32. The van der Waals surface area contributed by atoms with Crippen LogP contribution in [0.15, 0.2) is 72.4 Å². The minimum atomic E-state index is -0.0696. The maximum absolute atomic E-state index is 12.7. The lowest BCUT2D eigenvalue weighted by Crippen LogP contribution is -2.52. The van der Waals surface area contributed by atoms with Gasteiger partial charge in [-0.3, -0.25) is 19.6 Å². The molecule has 0 bridgehead atoms. The largest absolute Gasteiger partial charge is 0.348 e. The van der Waals surface area contributed by atoms with E-state index in [1.807, 2.05) is 0 Å². The van der Waals surface area contributed by atoms with Crippen LogP contribution in [0.4, 0.5) is 0 Å². The quantitative estimate of drug-likeness (QED) is 0.631. The van der Waals surface area contributed by atoms with Gasteiger partial charge in [0.15, 0.2) is 0 Å². The van der Waals surface area contributed by atoms with Gasteiger partial charge in [0.05, 0.1) is 11.6 Å². The Morgan fingerprint density at radius 3 is 2.53 bits per heavy atom. The molecule has 1 N–H and O–H groups in total. The molecule has 0 spiro atoms. The Morgan fingerprint density at radius 2 is 1.87 bits per heavy atom. The third-order valence-electron chi connectivity index (χ3n) is 5.64. The third-order valence-corrected chi connectivity index (χ3v) is 6.58. The topological polar surface area (TPSA) is 48.5 Å². The van der Waals surface area contributed by atoms with Crippen molar-refractivity contribution in [2.75, 3.05) is 26.2 Å². The molecule has 0 saturated carbocycles. The number of thiophene rings is 1. The molecule has 156 valence electrons. The summed E-state index contributed by atoms with van der Waals surface area (Å²) in [6.45, 7) is 7.13. The zero-order valence-electron chi connectivity index (χ0n) is 17.3. The molecule has 30 heavy (non-hydrogen) atoms. The smallest absolute Gasteiger partial charge is 0.253 e. The molecule has 0 radical (unpaired) electrons. The number of carbonyl (C=O) groups excluding carboxylic acids is 1. The first-order valence-corrected chi connectivity index (χ1v) is 11.3. The molecule has 0 aliphatic carbocycles. The van der Waals surface area contributed by atoms with E-state index in [-0.39, 0.29) is 18.0 Å². The van der Waals surface area contributed by atoms with Gasteiger partial charge in [0.2, 0.25) is 0 Å². The average molecular weight is 421 g/mol. The molecule has 2 atom stereocenters. The van der Waals surface area contributed by atoms with Gasteiger partial charge < -0.3 is 5.32 Å². The van der Waals surface area contributed by atoms with E-state index in [1.165, 1.54) is 10.4 Å². The number of rotatable bonds is 7. The van der Waals surface area contributed by atoms with Crippen LogP contribution >= 0.6 is 11.3 Å². The molecular formula is C24H28N4OS. The highest BCUT2D eigenvalue weighted by atomic mass is 32.1. The lowest BCUT2D eigenvalue weighted by atomic mass is 10.0. The number of aromatic nitrogens is 1. The van der Waals surface area contributed by atoms with E-state index in [0.29, 0.717) is 5.56 Å². The number of amides is 1. The fraction of sp³-hybridized carbons (Fsp3) is 0.333. The Labute approximate surface area is 182 Å². The van der Waals surface area contributed by atoms with Crippen LogP contribution in [-0.2, 0) is 6.54 Å². The van der Waals surface area contributed by atoms with Gasteiger partial charge in [-0.15, -0.1) is 11.3 Å². The summed E-state index contributed by atoms with van der Waals surface area (Å²) in [5.74, 6) is -0.0696. The summed E-state index contributed by atoms with van der Waals surface area (Å²) in [6.07, 6.45) is 3.30. The average Bonchev–Trinajstić information content (AvgIpc) is 3.31. The van der Waals surface area contributed by atoms with Crippen LogP contribution in [0.5, 0.6) is 0 Å². The predicted octanol–water partition coefficient (Wildman–Crippen LogP) is 3.82. The van der Waals surface area contributed by atoms with Gasteiger partial charge in [-0.05, 0) is 36.1 Å². The Balaban J connectivity index is 1.41. The maximum Gasteiger partial charge on any atom is 0.253 e. The molecule has 3 aromatic rings. The molecule has 1 aromatic carbocycles. The fourth-order valence-corrected chi connectivity index (χ4v) is 5.07. The predicted molar refractivity (Wildman–Crippen MR) is 122 cm³/mol. The van der Waals surface area contributed by atoms with Crippen molar-refractivity contribution in [2.24, 2.45) is 0 Å². The van der Waals surface area contributed by atoms with Gasteiger partial charge in [0.25, 0.3) is 5.91 Å². The van der Waals surface area contributed by atoms with Crippen molar-refractivity contribution in [1.82, 2.24) is 20.1 Å². The van der Waals surface area contributed by atoms with E-state index in [2.05, 4.69) is 74.9 Å². The van der Waals surface area contributed by atoms with Gasteiger partial charge in [0, 0.05) is 56.0 Å². The lowest BCUT2D eigenvalue weighted by Gasteiger charge is -2.41. The zero-order chi connectivity index (χ0) is 20.8. The lowest BCUT2D eigenvalue weighted by molar-refractivity contribution is 0.0714. The zero-order valence-corrected chi connectivity index (χ0v) is 18.1. The minimum Gasteiger partial charge on any atom is -0.348 e. The van der Waals surface area contributed by atoms with E-state index in [1.54, 1.807) is 35.9 Å².